The number of esters is 3. The molecule has 0 radical (unpaired) electrons. The Hall–Kier alpha value is -2.11. The van der Waals surface area contributed by atoms with Gasteiger partial charge in [-0.15, -0.1) is 0 Å². The maximum atomic E-state index is 12.8. The lowest BCUT2D eigenvalue weighted by atomic mass is 10.0. The summed E-state index contributed by atoms with van der Waals surface area (Å²) in [6, 6.07) is 0. The molecule has 0 amide bonds. The van der Waals surface area contributed by atoms with Crippen LogP contribution in [0.15, 0.2) is 24.3 Å². The summed E-state index contributed by atoms with van der Waals surface area (Å²) in [5, 5.41) is 0. The molecule has 62 heavy (non-hydrogen) atoms. The van der Waals surface area contributed by atoms with Crippen molar-refractivity contribution in [1.29, 1.82) is 0 Å². The van der Waals surface area contributed by atoms with E-state index in [0.29, 0.717) is 19.3 Å². The van der Waals surface area contributed by atoms with Crippen LogP contribution in [-0.4, -0.2) is 37.2 Å². The Morgan fingerprint density at radius 3 is 0.806 bits per heavy atom. The minimum atomic E-state index is -0.772. The lowest BCUT2D eigenvalue weighted by molar-refractivity contribution is -0.167. The average molecular weight is 873 g/mol. The van der Waals surface area contributed by atoms with Gasteiger partial charge in [0.1, 0.15) is 13.2 Å². The quantitative estimate of drug-likeness (QED) is 0.0262. The summed E-state index contributed by atoms with van der Waals surface area (Å²) in [4.78, 5) is 38.0. The average Bonchev–Trinajstić information content (AvgIpc) is 3.27. The lowest BCUT2D eigenvalue weighted by Gasteiger charge is -2.18. The van der Waals surface area contributed by atoms with Crippen LogP contribution in [0.2, 0.25) is 0 Å². The van der Waals surface area contributed by atoms with Gasteiger partial charge >= 0.3 is 17.9 Å². The molecule has 0 fully saturated rings. The molecule has 0 bridgehead atoms. The highest BCUT2D eigenvalue weighted by Crippen LogP contribution is 2.16. The van der Waals surface area contributed by atoms with Gasteiger partial charge in [0.2, 0.25) is 0 Å². The summed E-state index contributed by atoms with van der Waals surface area (Å²) in [5.74, 6) is -0.870. The second-order valence-electron chi connectivity index (χ2n) is 18.5. The topological polar surface area (TPSA) is 78.9 Å². The predicted octanol–water partition coefficient (Wildman–Crippen LogP) is 17.9. The lowest BCUT2D eigenvalue weighted by Crippen LogP contribution is -2.30. The van der Waals surface area contributed by atoms with E-state index >= 15 is 0 Å². The van der Waals surface area contributed by atoms with E-state index in [9.17, 15) is 14.4 Å². The third-order valence-electron chi connectivity index (χ3n) is 12.2. The smallest absolute Gasteiger partial charge is 0.306 e. The van der Waals surface area contributed by atoms with Crippen molar-refractivity contribution in [3.8, 4) is 0 Å². The summed E-state index contributed by atoms with van der Waals surface area (Å²) >= 11 is 0. The first-order valence-electron chi connectivity index (χ1n) is 27.3. The van der Waals surface area contributed by atoms with E-state index in [-0.39, 0.29) is 31.1 Å². The van der Waals surface area contributed by atoms with Crippen molar-refractivity contribution in [3.63, 3.8) is 0 Å². The second-order valence-corrected chi connectivity index (χ2v) is 18.5. The molecule has 0 aliphatic heterocycles. The first kappa shape index (κ1) is 59.9. The number of allylic oxidation sites excluding steroid dienone is 4. The number of carbonyl (C=O) groups excluding carboxylic acids is 3. The fraction of sp³-hybridized carbons (Fsp3) is 0.875. The van der Waals surface area contributed by atoms with Crippen LogP contribution in [-0.2, 0) is 28.6 Å². The van der Waals surface area contributed by atoms with Crippen LogP contribution in [0.1, 0.15) is 297 Å². The largest absolute Gasteiger partial charge is 0.462 e. The molecule has 0 heterocycles. The fourth-order valence-corrected chi connectivity index (χ4v) is 8.02. The minimum absolute atomic E-state index is 0.0720. The van der Waals surface area contributed by atoms with E-state index in [0.717, 1.165) is 64.2 Å². The summed E-state index contributed by atoms with van der Waals surface area (Å²) < 4.78 is 16.8. The zero-order chi connectivity index (χ0) is 45.1. The predicted molar refractivity (Wildman–Crippen MR) is 266 cm³/mol. The Labute approximate surface area is 385 Å². The fourth-order valence-electron chi connectivity index (χ4n) is 8.02. The van der Waals surface area contributed by atoms with Crippen LogP contribution in [0.5, 0.6) is 0 Å². The van der Waals surface area contributed by atoms with Crippen molar-refractivity contribution in [2.45, 2.75) is 303 Å². The molecule has 364 valence electrons. The standard InChI is InChI=1S/C56H104O6/c1-4-7-10-13-16-19-22-25-27-28-30-31-34-37-40-43-46-49-55(58)61-52-53(51-60-54(57)48-45-42-39-36-33-24-21-18-15-12-9-6-3)62-56(59)50-47-44-41-38-35-32-29-26-23-20-17-14-11-8-5-2/h25-27,29,53H,4-24,28,30-52H2,1-3H3/b27-25-,29-26-/t53-/m0/s1. The van der Waals surface area contributed by atoms with Gasteiger partial charge in [-0.05, 0) is 70.6 Å². The van der Waals surface area contributed by atoms with E-state index in [2.05, 4.69) is 45.1 Å². The van der Waals surface area contributed by atoms with Crippen LogP contribution in [0.25, 0.3) is 0 Å². The molecule has 0 spiro atoms. The van der Waals surface area contributed by atoms with Gasteiger partial charge in [0.15, 0.2) is 6.10 Å². The molecule has 0 aromatic heterocycles. The zero-order valence-corrected chi connectivity index (χ0v) is 41.7. The highest BCUT2D eigenvalue weighted by molar-refractivity contribution is 5.71. The SMILES string of the molecule is CCCCCCCC/C=C\CCCCCCCCCC(=O)OC[C@H](COC(=O)CCCCCCCCCCCCCC)OC(=O)CCCCCCC/C=C\CCCCCCCC. The van der Waals surface area contributed by atoms with Crippen molar-refractivity contribution in [1.82, 2.24) is 0 Å². The van der Waals surface area contributed by atoms with Gasteiger partial charge in [-0.25, -0.2) is 0 Å². The second kappa shape index (κ2) is 51.5. The zero-order valence-electron chi connectivity index (χ0n) is 41.7. The Bertz CT molecular complexity index is 1000. The molecule has 0 aliphatic carbocycles. The number of unbranched alkanes of at least 4 members (excludes halogenated alkanes) is 35. The third-order valence-corrected chi connectivity index (χ3v) is 12.2. The maximum absolute atomic E-state index is 12.8. The summed E-state index contributed by atoms with van der Waals surface area (Å²) in [5.41, 5.74) is 0. The first-order chi connectivity index (χ1) is 30.5. The van der Waals surface area contributed by atoms with Gasteiger partial charge in [-0.2, -0.15) is 0 Å². The van der Waals surface area contributed by atoms with E-state index in [4.69, 9.17) is 14.2 Å². The Kier molecular flexibility index (Phi) is 49.8. The van der Waals surface area contributed by atoms with Crippen molar-refractivity contribution in [2.24, 2.45) is 0 Å². The monoisotopic (exact) mass is 873 g/mol. The van der Waals surface area contributed by atoms with Gasteiger partial charge in [-0.3, -0.25) is 14.4 Å². The molecule has 6 heteroatoms. The number of carbonyl (C=O) groups is 3. The van der Waals surface area contributed by atoms with Gasteiger partial charge in [0, 0.05) is 19.3 Å². The van der Waals surface area contributed by atoms with E-state index in [1.807, 2.05) is 0 Å². The maximum Gasteiger partial charge on any atom is 0.306 e. The summed E-state index contributed by atoms with van der Waals surface area (Å²) in [6.45, 7) is 6.65. The molecular weight excluding hydrogens is 769 g/mol. The van der Waals surface area contributed by atoms with Crippen molar-refractivity contribution in [3.05, 3.63) is 24.3 Å². The van der Waals surface area contributed by atoms with Crippen LogP contribution in [0.3, 0.4) is 0 Å². The highest BCUT2D eigenvalue weighted by Gasteiger charge is 2.19. The Morgan fingerprint density at radius 2 is 0.532 bits per heavy atom. The molecular formula is C56H104O6. The molecule has 0 saturated carbocycles. The van der Waals surface area contributed by atoms with Crippen molar-refractivity contribution < 1.29 is 28.6 Å². The first-order valence-corrected chi connectivity index (χ1v) is 27.3. The number of ether oxygens (including phenoxy) is 3. The van der Waals surface area contributed by atoms with Crippen molar-refractivity contribution >= 4 is 17.9 Å². The molecule has 0 rings (SSSR count). The Morgan fingerprint density at radius 1 is 0.306 bits per heavy atom. The molecule has 0 unspecified atom stereocenters. The molecule has 1 atom stereocenters. The van der Waals surface area contributed by atoms with Crippen LogP contribution < -0.4 is 0 Å². The van der Waals surface area contributed by atoms with E-state index < -0.39 is 6.10 Å². The van der Waals surface area contributed by atoms with Gasteiger partial charge in [-0.1, -0.05) is 231 Å². The molecule has 0 saturated heterocycles. The number of hydrogen-bond acceptors (Lipinski definition) is 6. The van der Waals surface area contributed by atoms with Crippen LogP contribution in [0, 0.1) is 0 Å². The van der Waals surface area contributed by atoms with Crippen LogP contribution in [0.4, 0.5) is 0 Å². The number of hydrogen-bond donors (Lipinski definition) is 0. The van der Waals surface area contributed by atoms with Crippen LogP contribution >= 0.6 is 0 Å². The van der Waals surface area contributed by atoms with E-state index in [1.165, 1.54) is 193 Å². The molecule has 6 nitrogen and oxygen atoms in total. The van der Waals surface area contributed by atoms with Gasteiger partial charge in [0.05, 0.1) is 0 Å². The highest BCUT2D eigenvalue weighted by atomic mass is 16.6. The Balaban J connectivity index is 4.34. The van der Waals surface area contributed by atoms with Crippen molar-refractivity contribution in [2.75, 3.05) is 13.2 Å². The third kappa shape index (κ3) is 48.9. The summed E-state index contributed by atoms with van der Waals surface area (Å²) in [6.07, 6.45) is 58.7. The van der Waals surface area contributed by atoms with Gasteiger partial charge < -0.3 is 14.2 Å². The van der Waals surface area contributed by atoms with Gasteiger partial charge in [0.25, 0.3) is 0 Å². The normalized spacial score (nSPS) is 12.1. The number of rotatable bonds is 50. The molecule has 0 N–H and O–H groups in total. The van der Waals surface area contributed by atoms with E-state index in [1.54, 1.807) is 0 Å². The molecule has 0 aromatic carbocycles. The molecule has 0 aliphatic rings. The summed E-state index contributed by atoms with van der Waals surface area (Å²) in [7, 11) is 0. The minimum Gasteiger partial charge on any atom is -0.462 e. The molecule has 0 aromatic rings.